The zero-order chi connectivity index (χ0) is 58.0. The van der Waals surface area contributed by atoms with E-state index in [9.17, 15) is 47.0 Å². The predicted octanol–water partition coefficient (Wildman–Crippen LogP) is 8.08. The van der Waals surface area contributed by atoms with Crippen molar-refractivity contribution in [3.63, 3.8) is 0 Å². The number of aliphatic hydroxyl groups excluding tert-OH is 1. The highest BCUT2D eigenvalue weighted by Gasteiger charge is 2.44. The summed E-state index contributed by atoms with van der Waals surface area (Å²) in [6.07, 6.45) is -2.45. The van der Waals surface area contributed by atoms with Crippen molar-refractivity contribution < 1.29 is 42.3 Å². The summed E-state index contributed by atoms with van der Waals surface area (Å²) in [6.45, 7) is 15.8. The third kappa shape index (κ3) is 16.3. The molecule has 3 aliphatic rings. The number of aliphatic hydroxyl groups is 1. The number of nitrogens with zero attached hydrogens (tertiary/aromatic N) is 6. The van der Waals surface area contributed by atoms with Crippen LogP contribution in [0.3, 0.4) is 0 Å². The van der Waals surface area contributed by atoms with Gasteiger partial charge < -0.3 is 35.4 Å². The summed E-state index contributed by atoms with van der Waals surface area (Å²) in [5, 5.41) is 16.4. The number of carbonyl (C=O) groups is 5. The Bertz CT molecular complexity index is 3070. The number of nitrogens with one attached hydrogen (secondary N) is 3. The van der Waals surface area contributed by atoms with Crippen LogP contribution in [-0.2, 0) is 38.3 Å². The van der Waals surface area contributed by atoms with E-state index in [-0.39, 0.29) is 62.0 Å². The summed E-state index contributed by atoms with van der Waals surface area (Å²) in [4.78, 5) is 97.5. The Hall–Kier alpha value is -6.58. The molecule has 0 unspecified atom stereocenters. The first-order valence-corrected chi connectivity index (χ1v) is 29.0. The van der Waals surface area contributed by atoms with E-state index in [4.69, 9.17) is 0 Å². The van der Waals surface area contributed by atoms with E-state index in [1.807, 2.05) is 88.8 Å². The average molecular weight is 1140 g/mol. The molecule has 3 aromatic carbocycles. The van der Waals surface area contributed by atoms with E-state index in [1.165, 1.54) is 4.90 Å². The van der Waals surface area contributed by atoms with Crippen LogP contribution >= 0.6 is 11.3 Å². The number of piperazine rings is 2. The molecule has 434 valence electrons. The number of anilines is 2. The van der Waals surface area contributed by atoms with Gasteiger partial charge in [-0.05, 0) is 84.7 Å². The Morgan fingerprint density at radius 3 is 2.21 bits per heavy atom. The smallest absolute Gasteiger partial charge is 0.391 e. The minimum absolute atomic E-state index is 0.0203. The van der Waals surface area contributed by atoms with E-state index in [0.29, 0.717) is 69.4 Å². The van der Waals surface area contributed by atoms with Crippen LogP contribution in [0.1, 0.15) is 98.5 Å². The molecule has 3 amide bonds. The predicted molar refractivity (Wildman–Crippen MR) is 309 cm³/mol. The Kier molecular flexibility index (Phi) is 20.2. The molecule has 0 aliphatic carbocycles. The zero-order valence-corrected chi connectivity index (χ0v) is 47.9. The molecular weight excluding hydrogens is 1060 g/mol. The van der Waals surface area contributed by atoms with Gasteiger partial charge in [-0.1, -0.05) is 69.3 Å². The Morgan fingerprint density at radius 1 is 0.827 bits per heavy atom. The van der Waals surface area contributed by atoms with Crippen molar-refractivity contribution in [2.24, 2.45) is 11.3 Å². The first kappa shape index (κ1) is 60.5. The fraction of sp³-hybridized carbons (Fsp3) is 0.492. The molecule has 0 spiro atoms. The van der Waals surface area contributed by atoms with Gasteiger partial charge in [-0.25, -0.2) is 4.98 Å². The molecule has 3 atom stereocenters. The number of amides is 3. The van der Waals surface area contributed by atoms with Crippen LogP contribution in [0.4, 0.5) is 24.5 Å². The highest BCUT2D eigenvalue weighted by atomic mass is 32.1. The summed E-state index contributed by atoms with van der Waals surface area (Å²) in [7, 11) is 2.02. The van der Waals surface area contributed by atoms with Gasteiger partial charge in [-0.15, -0.1) is 11.3 Å². The molecule has 4 N–H and O–H groups in total. The van der Waals surface area contributed by atoms with Crippen LogP contribution in [0.15, 0.2) is 89.3 Å². The number of carbonyl (C=O) groups excluding carboxylic acids is 5. The number of likely N-dealkylation sites (N-methyl/N-ethyl adjacent to an activating group) is 1. The van der Waals surface area contributed by atoms with Gasteiger partial charge in [0.2, 0.25) is 17.4 Å². The Balaban J connectivity index is 0.753. The van der Waals surface area contributed by atoms with Crippen molar-refractivity contribution >= 4 is 52.0 Å². The summed E-state index contributed by atoms with van der Waals surface area (Å²) in [5.41, 5.74) is 5.14. The number of Topliss-reactive ketones (excluding diaryl/α,β-unsaturated/α-hetero) is 2. The normalized spacial score (nSPS) is 18.0. The topological polar surface area (TPSA) is 192 Å². The van der Waals surface area contributed by atoms with E-state index in [0.717, 1.165) is 83.9 Å². The van der Waals surface area contributed by atoms with Crippen LogP contribution in [-0.4, -0.2) is 155 Å². The molecule has 0 saturated carbocycles. The van der Waals surface area contributed by atoms with Crippen molar-refractivity contribution in [2.45, 2.75) is 104 Å². The van der Waals surface area contributed by atoms with Gasteiger partial charge in [-0.3, -0.25) is 38.6 Å². The number of alkyl halides is 3. The molecule has 0 bridgehead atoms. The van der Waals surface area contributed by atoms with Crippen molar-refractivity contribution in [2.75, 3.05) is 89.3 Å². The minimum atomic E-state index is -4.91. The number of H-pyrrole nitrogens is 1. The third-order valence-corrected chi connectivity index (χ3v) is 16.9. The largest absolute Gasteiger partial charge is 0.417 e. The quantitative estimate of drug-likeness (QED) is 0.0488. The molecule has 3 saturated heterocycles. The summed E-state index contributed by atoms with van der Waals surface area (Å²) >= 11 is 1.58. The number of likely N-dealkylation sites (tertiary alicyclic amines) is 1. The molecule has 3 aliphatic heterocycles. The first-order valence-electron chi connectivity index (χ1n) is 28.1. The van der Waals surface area contributed by atoms with Gasteiger partial charge in [0.1, 0.15) is 5.78 Å². The van der Waals surface area contributed by atoms with E-state index < -0.39 is 52.2 Å². The lowest BCUT2D eigenvalue weighted by molar-refractivity contribution is -0.145. The average Bonchev–Trinajstić information content (AvgIpc) is 4.08. The molecule has 3 fully saturated rings. The number of benzene rings is 3. The van der Waals surface area contributed by atoms with Crippen LogP contribution in [0, 0.1) is 18.3 Å². The van der Waals surface area contributed by atoms with E-state index in [1.54, 1.807) is 17.4 Å². The second-order valence-electron chi connectivity index (χ2n) is 23.0. The van der Waals surface area contributed by atoms with Crippen molar-refractivity contribution in [1.82, 2.24) is 34.9 Å². The number of pyridine rings is 1. The monoisotopic (exact) mass is 1140 g/mol. The maximum Gasteiger partial charge on any atom is 0.417 e. The third-order valence-electron chi connectivity index (χ3n) is 15.9. The summed E-state index contributed by atoms with van der Waals surface area (Å²) in [6, 6.07) is 21.4. The highest BCUT2D eigenvalue weighted by Crippen LogP contribution is 2.37. The summed E-state index contributed by atoms with van der Waals surface area (Å²) in [5.74, 6) is -2.20. The minimum Gasteiger partial charge on any atom is -0.391 e. The standard InChI is InChI=1S/C61H76F3N9O7S/c1-40-57(81-39-67-40)43-16-13-41(14-17-43)15-20-54(76)53-34-47(75)38-73(53)59(80)50(60(2,3)4)33-46(74)11-6-7-12-55(77)65-21-22-70-25-27-71(28-26-70)37-42-9-8-10-44(31-42)45-18-19-52(72-29-23-69(5)24-30-72)51(32-45)68-58(79)48-36-66-56(78)35-49(48)61(62,63)64/h8-10,13-14,16-19,31-32,35-36,39,47,50,53,75H,6-7,11-12,15,20-30,33-34,37-38H2,1-5H3,(H,65,77)(H,66,78)(H,68,79)/t47-,50-,53+/m1/s1. The van der Waals surface area contributed by atoms with Gasteiger partial charge in [-0.2, -0.15) is 13.2 Å². The second-order valence-corrected chi connectivity index (χ2v) is 23.8. The van der Waals surface area contributed by atoms with E-state index in [2.05, 4.69) is 52.3 Å². The van der Waals surface area contributed by atoms with Crippen molar-refractivity contribution in [3.8, 4) is 21.6 Å². The second kappa shape index (κ2) is 27.0. The van der Waals surface area contributed by atoms with Gasteiger partial charge in [0.15, 0.2) is 5.78 Å². The number of ketones is 2. The molecule has 81 heavy (non-hydrogen) atoms. The van der Waals surface area contributed by atoms with Crippen LogP contribution in [0.5, 0.6) is 0 Å². The number of aryl methyl sites for hydroxylation is 2. The lowest BCUT2D eigenvalue weighted by Gasteiger charge is -2.35. The maximum absolute atomic E-state index is 14.2. The number of β-amino-alcohol motifs (C(OH)–C–C–N with tert-alkyl or cyclic N) is 1. The lowest BCUT2D eigenvalue weighted by atomic mass is 9.76. The number of halogens is 3. The fourth-order valence-electron chi connectivity index (χ4n) is 11.0. The van der Waals surface area contributed by atoms with E-state index >= 15 is 0 Å². The van der Waals surface area contributed by atoms with Crippen molar-refractivity contribution in [3.05, 3.63) is 123 Å². The molecule has 5 aromatic rings. The number of thiazole rings is 1. The molecule has 8 rings (SSSR count). The summed E-state index contributed by atoms with van der Waals surface area (Å²) < 4.78 is 41.9. The SMILES string of the molecule is Cc1ncsc1-c1ccc(CCC(=O)[C@@H]2C[C@@H](O)CN2C(=O)[C@@H](CC(=O)CCCCC(=O)NCCN2CCN(Cc3cccc(-c4ccc(N5CCN(C)CC5)c(NC(=O)c5c[nH]c(=O)cc5C(F)(F)F)c4)c3)CC2)C(C)(C)C)cc1. The number of hydrogen-bond donors (Lipinski definition) is 4. The van der Waals surface area contributed by atoms with Crippen LogP contribution < -0.4 is 21.1 Å². The van der Waals surface area contributed by atoms with Crippen LogP contribution in [0.25, 0.3) is 21.6 Å². The fourth-order valence-corrected chi connectivity index (χ4v) is 11.9. The Morgan fingerprint density at radius 2 is 1.52 bits per heavy atom. The molecule has 16 nitrogen and oxygen atoms in total. The molecule has 5 heterocycles. The number of unbranched alkanes of at least 4 members (excludes halogenated alkanes) is 1. The number of hydrogen-bond acceptors (Lipinski definition) is 13. The zero-order valence-electron chi connectivity index (χ0n) is 47.1. The Labute approximate surface area is 476 Å². The molecule has 20 heteroatoms. The van der Waals surface area contributed by atoms with Gasteiger partial charge in [0.05, 0.1) is 50.7 Å². The van der Waals surface area contributed by atoms with Gasteiger partial charge >= 0.3 is 6.18 Å². The van der Waals surface area contributed by atoms with Crippen molar-refractivity contribution in [1.29, 1.82) is 0 Å². The number of aromatic amines is 1. The number of aromatic nitrogens is 2. The number of rotatable bonds is 22. The maximum atomic E-state index is 14.2. The highest BCUT2D eigenvalue weighted by molar-refractivity contribution is 7.13. The van der Waals surface area contributed by atoms with Gasteiger partial charge in [0, 0.05) is 129 Å². The lowest BCUT2D eigenvalue weighted by Crippen LogP contribution is -2.48. The molecular formula is C61H76F3N9O7S. The molecule has 0 radical (unpaired) electrons. The van der Waals surface area contributed by atoms with Crippen LogP contribution in [0.2, 0.25) is 0 Å². The molecule has 2 aromatic heterocycles. The van der Waals surface area contributed by atoms with Gasteiger partial charge in [0.25, 0.3) is 5.91 Å². The first-order chi connectivity index (χ1) is 38.6.